The van der Waals surface area contributed by atoms with Crippen LogP contribution in [-0.4, -0.2) is 26.7 Å². The lowest BCUT2D eigenvalue weighted by molar-refractivity contribution is 0.0928. The van der Waals surface area contributed by atoms with E-state index in [4.69, 9.17) is 4.98 Å². The molecule has 1 N–H and O–H groups in total. The highest BCUT2D eigenvalue weighted by Gasteiger charge is 2.42. The highest BCUT2D eigenvalue weighted by Crippen LogP contribution is 2.44. The molecule has 2 aromatic heterocycles. The predicted molar refractivity (Wildman–Crippen MR) is 105 cm³/mol. The van der Waals surface area contributed by atoms with Gasteiger partial charge in [0.25, 0.3) is 5.91 Å². The van der Waals surface area contributed by atoms with Gasteiger partial charge in [0.05, 0.1) is 22.3 Å². The molecule has 2 saturated carbocycles. The third-order valence-electron chi connectivity index (χ3n) is 5.84. The van der Waals surface area contributed by atoms with Gasteiger partial charge in [0, 0.05) is 18.7 Å². The number of benzene rings is 1. The van der Waals surface area contributed by atoms with Gasteiger partial charge in [-0.15, -0.1) is 0 Å². The lowest BCUT2D eigenvalue weighted by Crippen LogP contribution is -2.38. The van der Waals surface area contributed by atoms with Gasteiger partial charge >= 0.3 is 0 Å². The number of fused-ring (bicyclic) bond motifs is 1. The average molecular weight is 360 g/mol. The Balaban J connectivity index is 1.60. The van der Waals surface area contributed by atoms with Crippen molar-refractivity contribution in [2.45, 2.75) is 38.6 Å². The molecule has 5 heteroatoms. The molecule has 0 atom stereocenters. The molecule has 27 heavy (non-hydrogen) atoms. The quantitative estimate of drug-likeness (QED) is 0.751. The number of aryl methyl sites for hydroxylation is 2. The summed E-state index contributed by atoms with van der Waals surface area (Å²) in [6.45, 7) is 1.95. The molecule has 138 valence electrons. The van der Waals surface area contributed by atoms with Crippen LogP contribution in [0.15, 0.2) is 36.4 Å². The van der Waals surface area contributed by atoms with Crippen molar-refractivity contribution in [3.05, 3.63) is 47.7 Å². The van der Waals surface area contributed by atoms with Gasteiger partial charge in [-0.05, 0) is 50.5 Å². The van der Waals surface area contributed by atoms with Gasteiger partial charge in [-0.3, -0.25) is 9.48 Å². The first kappa shape index (κ1) is 16.5. The minimum absolute atomic E-state index is 0.0134. The molecule has 0 radical (unpaired) electrons. The van der Waals surface area contributed by atoms with Crippen LogP contribution in [0, 0.1) is 18.8 Å². The number of hydrogen-bond donors (Lipinski definition) is 1. The lowest BCUT2D eigenvalue weighted by Gasteiger charge is -2.18. The van der Waals surface area contributed by atoms with Crippen molar-refractivity contribution in [1.82, 2.24) is 20.1 Å². The van der Waals surface area contributed by atoms with Crippen molar-refractivity contribution in [2.75, 3.05) is 0 Å². The van der Waals surface area contributed by atoms with E-state index in [9.17, 15) is 4.79 Å². The van der Waals surface area contributed by atoms with Crippen LogP contribution in [0.3, 0.4) is 0 Å². The number of carbonyl (C=O) groups is 1. The SMILES string of the molecule is Cc1nn(C)c2nc(-c3ccccc3)cc(C(=O)NC(C3CC3)C3CC3)c12. The molecular weight excluding hydrogens is 336 g/mol. The molecule has 0 bridgehead atoms. The van der Waals surface area contributed by atoms with Gasteiger partial charge in [-0.2, -0.15) is 5.10 Å². The number of nitrogens with one attached hydrogen (secondary N) is 1. The maximum absolute atomic E-state index is 13.3. The molecule has 5 rings (SSSR count). The zero-order valence-corrected chi connectivity index (χ0v) is 15.8. The van der Waals surface area contributed by atoms with E-state index in [1.54, 1.807) is 4.68 Å². The van der Waals surface area contributed by atoms with Crippen molar-refractivity contribution in [1.29, 1.82) is 0 Å². The molecule has 2 fully saturated rings. The Hall–Kier alpha value is -2.69. The third kappa shape index (κ3) is 3.01. The Morgan fingerprint density at radius 1 is 1.15 bits per heavy atom. The zero-order valence-electron chi connectivity index (χ0n) is 15.8. The van der Waals surface area contributed by atoms with E-state index in [0.29, 0.717) is 23.4 Å². The second kappa shape index (κ2) is 6.19. The van der Waals surface area contributed by atoms with E-state index < -0.39 is 0 Å². The molecule has 0 saturated heterocycles. The fourth-order valence-electron chi connectivity index (χ4n) is 4.14. The minimum Gasteiger partial charge on any atom is -0.349 e. The number of rotatable bonds is 5. The van der Waals surface area contributed by atoms with E-state index in [1.807, 2.05) is 50.4 Å². The van der Waals surface area contributed by atoms with Crippen molar-refractivity contribution >= 4 is 16.9 Å². The fourth-order valence-corrected chi connectivity index (χ4v) is 4.14. The van der Waals surface area contributed by atoms with Crippen LogP contribution in [0.4, 0.5) is 0 Å². The second-order valence-electron chi connectivity index (χ2n) is 8.00. The van der Waals surface area contributed by atoms with E-state index in [0.717, 1.165) is 28.0 Å². The van der Waals surface area contributed by atoms with Gasteiger partial charge in [0.2, 0.25) is 0 Å². The van der Waals surface area contributed by atoms with Gasteiger partial charge in [-0.1, -0.05) is 30.3 Å². The standard InChI is InChI=1S/C22H24N4O/c1-13-19-17(22(27)24-20(15-8-9-15)16-10-11-16)12-18(14-6-4-3-5-7-14)23-21(19)26(2)25-13/h3-7,12,15-16,20H,8-11H2,1-2H3,(H,24,27). The molecule has 1 aromatic carbocycles. The predicted octanol–water partition coefficient (Wildman–Crippen LogP) is 3.86. The first-order valence-electron chi connectivity index (χ1n) is 9.82. The molecule has 2 aliphatic carbocycles. The Kier molecular flexibility index (Phi) is 3.78. The maximum Gasteiger partial charge on any atom is 0.252 e. The van der Waals surface area contributed by atoms with E-state index in [2.05, 4.69) is 10.4 Å². The molecule has 1 amide bonds. The number of hydrogen-bond acceptors (Lipinski definition) is 3. The van der Waals surface area contributed by atoms with Gasteiger partial charge < -0.3 is 5.32 Å². The van der Waals surface area contributed by atoms with Crippen molar-refractivity contribution in [3.8, 4) is 11.3 Å². The van der Waals surface area contributed by atoms with Crippen molar-refractivity contribution < 1.29 is 4.79 Å². The summed E-state index contributed by atoms with van der Waals surface area (Å²) in [6.07, 6.45) is 4.98. The summed E-state index contributed by atoms with van der Waals surface area (Å²) in [5.74, 6) is 1.35. The summed E-state index contributed by atoms with van der Waals surface area (Å²) >= 11 is 0. The smallest absolute Gasteiger partial charge is 0.252 e. The number of nitrogens with zero attached hydrogens (tertiary/aromatic N) is 3. The monoisotopic (exact) mass is 360 g/mol. The first-order valence-corrected chi connectivity index (χ1v) is 9.82. The molecule has 3 aromatic rings. The van der Waals surface area contributed by atoms with Crippen LogP contribution < -0.4 is 5.32 Å². The van der Waals surface area contributed by atoms with Crippen LogP contribution in [0.25, 0.3) is 22.3 Å². The van der Waals surface area contributed by atoms with Crippen LogP contribution >= 0.6 is 0 Å². The summed E-state index contributed by atoms with van der Waals surface area (Å²) < 4.78 is 1.77. The molecule has 5 nitrogen and oxygen atoms in total. The van der Waals surface area contributed by atoms with Crippen LogP contribution in [-0.2, 0) is 7.05 Å². The largest absolute Gasteiger partial charge is 0.349 e. The van der Waals surface area contributed by atoms with Crippen LogP contribution in [0.5, 0.6) is 0 Å². The summed E-state index contributed by atoms with van der Waals surface area (Å²) in [7, 11) is 1.88. The summed E-state index contributed by atoms with van der Waals surface area (Å²) in [4.78, 5) is 18.1. The van der Waals surface area contributed by atoms with Crippen molar-refractivity contribution in [3.63, 3.8) is 0 Å². The number of carbonyl (C=O) groups excluding carboxylic acids is 1. The number of aromatic nitrogens is 3. The number of pyridine rings is 1. The Morgan fingerprint density at radius 3 is 2.44 bits per heavy atom. The number of amides is 1. The Labute approximate surface area is 158 Å². The normalized spacial score (nSPS) is 16.9. The van der Waals surface area contributed by atoms with Gasteiger partial charge in [0.1, 0.15) is 0 Å². The summed E-state index contributed by atoms with van der Waals surface area (Å²) in [6, 6.07) is 12.3. The average Bonchev–Trinajstić information content (AvgIpc) is 3.59. The fraction of sp³-hybridized carbons (Fsp3) is 0.409. The Morgan fingerprint density at radius 2 is 1.81 bits per heavy atom. The molecular formula is C22H24N4O. The highest BCUT2D eigenvalue weighted by atomic mass is 16.1. The van der Waals surface area contributed by atoms with Crippen molar-refractivity contribution in [2.24, 2.45) is 18.9 Å². The topological polar surface area (TPSA) is 59.8 Å². The molecule has 2 heterocycles. The van der Waals surface area contributed by atoms with Crippen LogP contribution in [0.1, 0.15) is 41.7 Å². The Bertz CT molecular complexity index is 1000. The zero-order chi connectivity index (χ0) is 18.5. The minimum atomic E-state index is 0.0134. The molecule has 0 spiro atoms. The second-order valence-corrected chi connectivity index (χ2v) is 8.00. The molecule has 0 unspecified atom stereocenters. The lowest BCUT2D eigenvalue weighted by atomic mass is 10.0. The van der Waals surface area contributed by atoms with E-state index >= 15 is 0 Å². The maximum atomic E-state index is 13.3. The van der Waals surface area contributed by atoms with Gasteiger partial charge in [0.15, 0.2) is 5.65 Å². The summed E-state index contributed by atoms with van der Waals surface area (Å²) in [5, 5.41) is 8.74. The van der Waals surface area contributed by atoms with E-state index in [-0.39, 0.29) is 5.91 Å². The molecule has 0 aliphatic heterocycles. The molecule has 2 aliphatic rings. The summed E-state index contributed by atoms with van der Waals surface area (Å²) in [5.41, 5.74) is 4.11. The highest BCUT2D eigenvalue weighted by molar-refractivity contribution is 6.07. The van der Waals surface area contributed by atoms with Gasteiger partial charge in [-0.25, -0.2) is 4.98 Å². The van der Waals surface area contributed by atoms with Crippen LogP contribution in [0.2, 0.25) is 0 Å². The first-order chi connectivity index (χ1) is 13.1. The third-order valence-corrected chi connectivity index (χ3v) is 5.84. The van der Waals surface area contributed by atoms with E-state index in [1.165, 1.54) is 25.7 Å².